The highest BCUT2D eigenvalue weighted by atomic mass is 33.1. The van der Waals surface area contributed by atoms with Crippen LogP contribution in [0.5, 0.6) is 0 Å². The van der Waals surface area contributed by atoms with E-state index in [9.17, 15) is 32.9 Å². The molecule has 0 radical (unpaired) electrons. The highest BCUT2D eigenvalue weighted by Gasteiger charge is 2.51. The van der Waals surface area contributed by atoms with Crippen molar-refractivity contribution in [3.05, 3.63) is 63.7 Å². The molecule has 1 saturated heterocycles. The number of ether oxygens (including phenoxy) is 2. The van der Waals surface area contributed by atoms with Gasteiger partial charge < -0.3 is 20.1 Å². The van der Waals surface area contributed by atoms with Gasteiger partial charge in [0.2, 0.25) is 5.91 Å². The molecule has 4 rings (SSSR count). The minimum absolute atomic E-state index is 0.00425. The summed E-state index contributed by atoms with van der Waals surface area (Å²) < 4.78 is 51.8. The summed E-state index contributed by atoms with van der Waals surface area (Å²) in [7, 11) is 2.12. The summed E-state index contributed by atoms with van der Waals surface area (Å²) in [6.07, 6.45) is -2.13. The van der Waals surface area contributed by atoms with Gasteiger partial charge in [-0.3, -0.25) is 19.7 Å². The number of hydrogen-bond donors (Lipinski definition) is 2. The van der Waals surface area contributed by atoms with Gasteiger partial charge in [0, 0.05) is 49.7 Å². The fourth-order valence-electron chi connectivity index (χ4n) is 5.63. The van der Waals surface area contributed by atoms with Crippen LogP contribution < -0.4 is 10.6 Å². The summed E-state index contributed by atoms with van der Waals surface area (Å²) in [5.41, 5.74) is -1.85. The molecule has 3 atom stereocenters. The maximum absolute atomic E-state index is 13.8. The van der Waals surface area contributed by atoms with Crippen molar-refractivity contribution in [2.75, 3.05) is 13.2 Å². The zero-order valence-corrected chi connectivity index (χ0v) is 25.4. The zero-order chi connectivity index (χ0) is 31.2. The van der Waals surface area contributed by atoms with E-state index in [4.69, 9.17) is 9.47 Å². The lowest BCUT2D eigenvalue weighted by Gasteiger charge is -2.34. The van der Waals surface area contributed by atoms with Crippen molar-refractivity contribution in [2.24, 2.45) is 5.41 Å². The van der Waals surface area contributed by atoms with E-state index in [0.29, 0.717) is 42.3 Å². The minimum atomic E-state index is -4.60. The van der Waals surface area contributed by atoms with Crippen molar-refractivity contribution in [3.63, 3.8) is 0 Å². The molecular formula is C29H34F3N3O6S2. The number of carbonyl (C=O) groups excluding carboxylic acids is 2. The fraction of sp³-hybridized carbons (Fsp3) is 0.517. The summed E-state index contributed by atoms with van der Waals surface area (Å²) in [6, 6.07) is 9.57. The molecule has 0 bridgehead atoms. The summed E-state index contributed by atoms with van der Waals surface area (Å²) in [6.45, 7) is 4.05. The van der Waals surface area contributed by atoms with E-state index in [1.165, 1.54) is 25.1 Å². The van der Waals surface area contributed by atoms with Gasteiger partial charge in [0.25, 0.3) is 5.69 Å². The SMILES string of the molecule is CC(=O)O[C@@H](C)[C@]1(C(=O)NCc2cc(C(F)(F)F)ccc2SSc2ccccc2[N+](=O)[O-])CC[C@@H](NC2CCOCC2)C1. The Morgan fingerprint density at radius 2 is 1.81 bits per heavy atom. The van der Waals surface area contributed by atoms with Gasteiger partial charge in [-0.25, -0.2) is 0 Å². The molecular weight excluding hydrogens is 607 g/mol. The molecule has 1 aliphatic carbocycles. The van der Waals surface area contributed by atoms with Crippen LogP contribution in [0.3, 0.4) is 0 Å². The third-order valence-electron chi connectivity index (χ3n) is 7.93. The Bertz CT molecular complexity index is 1320. The number of benzene rings is 2. The molecule has 43 heavy (non-hydrogen) atoms. The molecule has 2 N–H and O–H groups in total. The molecule has 1 heterocycles. The first-order chi connectivity index (χ1) is 20.4. The summed E-state index contributed by atoms with van der Waals surface area (Å²) >= 11 is 0. The van der Waals surface area contributed by atoms with Crippen molar-refractivity contribution in [2.45, 2.75) is 86.7 Å². The Morgan fingerprint density at radius 1 is 1.12 bits per heavy atom. The first-order valence-corrected chi connectivity index (χ1v) is 16.1. The lowest BCUT2D eigenvalue weighted by atomic mass is 9.79. The van der Waals surface area contributed by atoms with Crippen molar-refractivity contribution >= 4 is 39.2 Å². The normalized spacial score (nSPS) is 21.7. The lowest BCUT2D eigenvalue weighted by Crippen LogP contribution is -2.49. The van der Waals surface area contributed by atoms with E-state index in [2.05, 4.69) is 10.6 Å². The van der Waals surface area contributed by atoms with E-state index < -0.39 is 40.1 Å². The Kier molecular flexibility index (Phi) is 11.0. The van der Waals surface area contributed by atoms with Crippen LogP contribution in [-0.2, 0) is 31.8 Å². The van der Waals surface area contributed by atoms with Gasteiger partial charge in [-0.1, -0.05) is 22.9 Å². The number of nitrogens with one attached hydrogen (secondary N) is 2. The van der Waals surface area contributed by atoms with Crippen molar-refractivity contribution in [3.8, 4) is 0 Å². The van der Waals surface area contributed by atoms with Crippen molar-refractivity contribution < 1.29 is 37.2 Å². The van der Waals surface area contributed by atoms with Crippen LogP contribution >= 0.6 is 21.6 Å². The number of rotatable bonds is 11. The predicted molar refractivity (Wildman–Crippen MR) is 156 cm³/mol. The van der Waals surface area contributed by atoms with Gasteiger partial charge in [0.05, 0.1) is 20.8 Å². The minimum Gasteiger partial charge on any atom is -0.462 e. The number of halogens is 3. The third kappa shape index (κ3) is 8.43. The molecule has 1 saturated carbocycles. The first-order valence-electron chi connectivity index (χ1n) is 14.0. The number of nitro benzene ring substituents is 1. The van der Waals surface area contributed by atoms with E-state index >= 15 is 0 Å². The van der Waals surface area contributed by atoms with Crippen LogP contribution in [0.2, 0.25) is 0 Å². The molecule has 2 aromatic carbocycles. The van der Waals surface area contributed by atoms with E-state index in [1.807, 2.05) is 0 Å². The number of para-hydroxylation sites is 1. The molecule has 2 fully saturated rings. The second-order valence-corrected chi connectivity index (χ2v) is 13.0. The Labute approximate surface area is 255 Å². The van der Waals surface area contributed by atoms with E-state index in [-0.39, 0.29) is 29.9 Å². The summed E-state index contributed by atoms with van der Waals surface area (Å²) in [4.78, 5) is 37.3. The Hall–Kier alpha value is -2.81. The molecule has 234 valence electrons. The van der Waals surface area contributed by atoms with Crippen LogP contribution in [0.1, 0.15) is 57.1 Å². The highest BCUT2D eigenvalue weighted by Crippen LogP contribution is 2.45. The quantitative estimate of drug-likeness (QED) is 0.126. The van der Waals surface area contributed by atoms with Crippen LogP contribution in [0, 0.1) is 15.5 Å². The summed E-state index contributed by atoms with van der Waals surface area (Å²) in [5.74, 6) is -0.929. The molecule has 0 aromatic heterocycles. The van der Waals surface area contributed by atoms with Gasteiger partial charge in [0.1, 0.15) is 6.10 Å². The average Bonchev–Trinajstić information content (AvgIpc) is 3.40. The number of amides is 1. The maximum atomic E-state index is 13.8. The molecule has 2 aliphatic rings. The molecule has 2 aromatic rings. The molecule has 14 heteroatoms. The largest absolute Gasteiger partial charge is 0.462 e. The number of hydrogen-bond acceptors (Lipinski definition) is 9. The standard InChI is InChI=1S/C29H34F3N3O6S2/c1-18(41-19(2)36)28(12-9-23(16-28)34-22-10-13-40-14-11-22)27(37)33-17-20-15-21(29(30,31)32)7-8-25(20)42-43-26-6-4-3-5-24(26)35(38)39/h3-8,15,18,22-23,34H,9-14,16-17H2,1-2H3,(H,33,37)/t18-,23+,28-/m0/s1. The highest BCUT2D eigenvalue weighted by molar-refractivity contribution is 8.76. The number of alkyl halides is 3. The molecule has 1 amide bonds. The van der Waals surface area contributed by atoms with Crippen LogP contribution in [-0.4, -0.2) is 48.2 Å². The molecule has 1 aliphatic heterocycles. The number of nitrogens with zero attached hydrogens (tertiary/aromatic N) is 1. The smallest absolute Gasteiger partial charge is 0.416 e. The maximum Gasteiger partial charge on any atom is 0.416 e. The number of carbonyl (C=O) groups is 2. The van der Waals surface area contributed by atoms with E-state index in [0.717, 1.165) is 46.6 Å². The molecule has 0 unspecified atom stereocenters. The lowest BCUT2D eigenvalue weighted by molar-refractivity contribution is -0.387. The molecule has 9 nitrogen and oxygen atoms in total. The number of esters is 1. The van der Waals surface area contributed by atoms with Gasteiger partial charge in [-0.2, -0.15) is 13.2 Å². The van der Waals surface area contributed by atoms with Crippen molar-refractivity contribution in [1.82, 2.24) is 10.6 Å². The van der Waals surface area contributed by atoms with Crippen molar-refractivity contribution in [1.29, 1.82) is 0 Å². The fourth-order valence-corrected chi connectivity index (χ4v) is 7.98. The average molecular weight is 642 g/mol. The van der Waals surface area contributed by atoms with Gasteiger partial charge in [0.15, 0.2) is 0 Å². The third-order valence-corrected chi connectivity index (χ3v) is 10.4. The van der Waals surface area contributed by atoms with Gasteiger partial charge >= 0.3 is 12.1 Å². The monoisotopic (exact) mass is 641 g/mol. The van der Waals surface area contributed by atoms with E-state index in [1.54, 1.807) is 19.1 Å². The number of nitro groups is 1. The Morgan fingerprint density at radius 3 is 2.49 bits per heavy atom. The van der Waals surface area contributed by atoms with Crippen LogP contribution in [0.25, 0.3) is 0 Å². The topological polar surface area (TPSA) is 120 Å². The predicted octanol–water partition coefficient (Wildman–Crippen LogP) is 6.29. The van der Waals surface area contributed by atoms with Crippen LogP contribution in [0.4, 0.5) is 18.9 Å². The second-order valence-electron chi connectivity index (χ2n) is 10.8. The van der Waals surface area contributed by atoms with Gasteiger partial charge in [-0.15, -0.1) is 0 Å². The second kappa shape index (κ2) is 14.3. The summed E-state index contributed by atoms with van der Waals surface area (Å²) in [5, 5.41) is 17.9. The molecule has 0 spiro atoms. The Balaban J connectivity index is 1.54. The van der Waals surface area contributed by atoms with Gasteiger partial charge in [-0.05, 0) is 79.7 Å². The first kappa shape index (κ1) is 33.1. The van der Waals surface area contributed by atoms with Crippen LogP contribution in [0.15, 0.2) is 52.3 Å². The zero-order valence-electron chi connectivity index (χ0n) is 23.8.